The van der Waals surface area contributed by atoms with Crippen molar-refractivity contribution in [1.82, 2.24) is 39.3 Å². The Morgan fingerprint density at radius 3 is 2.45 bits per heavy atom. The summed E-state index contributed by atoms with van der Waals surface area (Å²) in [5.74, 6) is -0.420. The van der Waals surface area contributed by atoms with Crippen LogP contribution in [0.1, 0.15) is 16.1 Å². The molecule has 0 aliphatic heterocycles. The van der Waals surface area contributed by atoms with Gasteiger partial charge in [-0.15, -0.1) is 4.80 Å². The fourth-order valence-electron chi connectivity index (χ4n) is 4.41. The topological polar surface area (TPSA) is 96.3 Å². The molecule has 0 spiro atoms. The minimum absolute atomic E-state index is 0.0223. The standard InChI is InChI=1S/C24H13ClF4N8O/c1-35-10-17(15-6-18(25)23(34-22(15)35)37-31-2-3-32-37)12-4-14-16(19(26)5-12)8-30-9-20(14)36-21(24(27,28)29)13(11-38)7-33-36/h2-11H,1H3. The highest BCUT2D eigenvalue weighted by molar-refractivity contribution is 6.33. The first-order chi connectivity index (χ1) is 18.2. The van der Waals surface area contributed by atoms with Crippen LogP contribution >= 0.6 is 11.6 Å². The third-order valence-electron chi connectivity index (χ3n) is 6.03. The lowest BCUT2D eigenvalue weighted by Gasteiger charge is -2.14. The van der Waals surface area contributed by atoms with Gasteiger partial charge in [-0.25, -0.2) is 14.1 Å². The van der Waals surface area contributed by atoms with Gasteiger partial charge in [-0.3, -0.25) is 9.78 Å². The summed E-state index contributed by atoms with van der Waals surface area (Å²) in [4.78, 5) is 21.0. The zero-order valence-corrected chi connectivity index (χ0v) is 19.9. The molecule has 190 valence electrons. The van der Waals surface area contributed by atoms with E-state index in [0.717, 1.165) is 12.4 Å². The van der Waals surface area contributed by atoms with Gasteiger partial charge in [-0.05, 0) is 23.8 Å². The summed E-state index contributed by atoms with van der Waals surface area (Å²) in [6.45, 7) is 0. The van der Waals surface area contributed by atoms with Gasteiger partial charge in [0.1, 0.15) is 11.5 Å². The van der Waals surface area contributed by atoms with Gasteiger partial charge in [0, 0.05) is 41.2 Å². The van der Waals surface area contributed by atoms with Crippen LogP contribution in [0.15, 0.2) is 55.4 Å². The van der Waals surface area contributed by atoms with E-state index in [0.29, 0.717) is 32.7 Å². The molecule has 9 nitrogen and oxygen atoms in total. The van der Waals surface area contributed by atoms with Crippen molar-refractivity contribution in [3.63, 3.8) is 0 Å². The highest BCUT2D eigenvalue weighted by Crippen LogP contribution is 2.38. The Morgan fingerprint density at radius 2 is 1.74 bits per heavy atom. The maximum atomic E-state index is 15.4. The summed E-state index contributed by atoms with van der Waals surface area (Å²) >= 11 is 6.47. The second-order valence-corrected chi connectivity index (χ2v) is 8.73. The predicted molar refractivity (Wildman–Crippen MR) is 129 cm³/mol. The van der Waals surface area contributed by atoms with Crippen molar-refractivity contribution in [3.8, 4) is 22.6 Å². The number of nitrogens with zero attached hydrogens (tertiary/aromatic N) is 8. The summed E-state index contributed by atoms with van der Waals surface area (Å²) in [6.07, 6.45) is 2.97. The number of alkyl halides is 3. The van der Waals surface area contributed by atoms with E-state index in [1.165, 1.54) is 35.5 Å². The van der Waals surface area contributed by atoms with Gasteiger partial charge in [0.2, 0.25) is 0 Å². The van der Waals surface area contributed by atoms with Gasteiger partial charge in [0.05, 0.1) is 41.1 Å². The molecule has 0 atom stereocenters. The number of carbonyl (C=O) groups is 1. The molecule has 0 aliphatic rings. The molecule has 14 heteroatoms. The van der Waals surface area contributed by atoms with E-state index in [4.69, 9.17) is 11.6 Å². The van der Waals surface area contributed by atoms with E-state index < -0.39 is 23.3 Å². The second-order valence-electron chi connectivity index (χ2n) is 8.32. The average molecular weight is 541 g/mol. The smallest absolute Gasteiger partial charge is 0.335 e. The molecular formula is C24H13ClF4N8O. The van der Waals surface area contributed by atoms with Gasteiger partial charge in [0.25, 0.3) is 0 Å². The summed E-state index contributed by atoms with van der Waals surface area (Å²) in [6, 6.07) is 4.42. The number of hydrogen-bond donors (Lipinski definition) is 0. The highest BCUT2D eigenvalue weighted by Gasteiger charge is 2.39. The Balaban J connectivity index is 1.60. The molecule has 0 saturated carbocycles. The highest BCUT2D eigenvalue weighted by atomic mass is 35.5. The fraction of sp³-hybridized carbons (Fsp3) is 0.0833. The molecule has 0 bridgehead atoms. The predicted octanol–water partition coefficient (Wildman–Crippen LogP) is 5.18. The fourth-order valence-corrected chi connectivity index (χ4v) is 4.63. The molecule has 5 aromatic heterocycles. The zero-order chi connectivity index (χ0) is 26.8. The molecule has 6 aromatic rings. The maximum Gasteiger partial charge on any atom is 0.434 e. The van der Waals surface area contributed by atoms with Crippen LogP contribution < -0.4 is 0 Å². The third-order valence-corrected chi connectivity index (χ3v) is 6.31. The second kappa shape index (κ2) is 8.45. The molecule has 0 fully saturated rings. The van der Waals surface area contributed by atoms with Crippen LogP contribution in [-0.4, -0.2) is 45.6 Å². The van der Waals surface area contributed by atoms with Crippen molar-refractivity contribution in [3.05, 3.63) is 77.5 Å². The number of aryl methyl sites for hydroxylation is 1. The van der Waals surface area contributed by atoms with Crippen molar-refractivity contribution in [2.24, 2.45) is 7.05 Å². The molecule has 0 aliphatic carbocycles. The Labute approximate surface area is 214 Å². The lowest BCUT2D eigenvalue weighted by molar-refractivity contribution is -0.143. The quantitative estimate of drug-likeness (QED) is 0.226. The number of carbonyl (C=O) groups excluding carboxylic acids is 1. The van der Waals surface area contributed by atoms with Gasteiger partial charge in [0.15, 0.2) is 17.8 Å². The molecule has 38 heavy (non-hydrogen) atoms. The zero-order valence-electron chi connectivity index (χ0n) is 19.1. The van der Waals surface area contributed by atoms with Gasteiger partial charge in [-0.2, -0.15) is 28.5 Å². The third kappa shape index (κ3) is 3.62. The monoisotopic (exact) mass is 540 g/mol. The minimum Gasteiger partial charge on any atom is -0.335 e. The first kappa shape index (κ1) is 23.7. The number of fused-ring (bicyclic) bond motifs is 2. The average Bonchev–Trinajstić information content (AvgIpc) is 3.62. The van der Waals surface area contributed by atoms with Crippen molar-refractivity contribution in [2.45, 2.75) is 6.18 Å². The number of aromatic nitrogens is 8. The van der Waals surface area contributed by atoms with Crippen LogP contribution in [0.4, 0.5) is 17.6 Å². The number of pyridine rings is 2. The van der Waals surface area contributed by atoms with Gasteiger partial charge >= 0.3 is 6.18 Å². The summed E-state index contributed by atoms with van der Waals surface area (Å²) in [5, 5.41) is 12.8. The van der Waals surface area contributed by atoms with E-state index in [2.05, 4.69) is 25.3 Å². The van der Waals surface area contributed by atoms with Crippen LogP contribution in [0, 0.1) is 5.82 Å². The molecule has 0 saturated heterocycles. The Bertz CT molecular complexity index is 1870. The van der Waals surface area contributed by atoms with Crippen LogP contribution in [-0.2, 0) is 13.2 Å². The van der Waals surface area contributed by atoms with E-state index in [1.807, 2.05) is 0 Å². The number of benzene rings is 1. The number of hydrogen-bond acceptors (Lipinski definition) is 6. The van der Waals surface area contributed by atoms with Crippen LogP contribution in [0.25, 0.3) is 44.4 Å². The lowest BCUT2D eigenvalue weighted by Crippen LogP contribution is -2.15. The lowest BCUT2D eigenvalue weighted by atomic mass is 10.0. The van der Waals surface area contributed by atoms with E-state index >= 15 is 4.39 Å². The van der Waals surface area contributed by atoms with Crippen molar-refractivity contribution >= 4 is 39.7 Å². The maximum absolute atomic E-state index is 15.4. The molecule has 0 radical (unpaired) electrons. The normalized spacial score (nSPS) is 12.1. The van der Waals surface area contributed by atoms with E-state index in [9.17, 15) is 18.0 Å². The van der Waals surface area contributed by atoms with Gasteiger partial charge < -0.3 is 4.57 Å². The molecule has 6 rings (SSSR count). The molecule has 1 aromatic carbocycles. The van der Waals surface area contributed by atoms with Gasteiger partial charge in [-0.1, -0.05) is 11.6 Å². The van der Waals surface area contributed by atoms with E-state index in [-0.39, 0.29) is 27.8 Å². The minimum atomic E-state index is -4.90. The van der Waals surface area contributed by atoms with E-state index in [1.54, 1.807) is 23.9 Å². The van der Waals surface area contributed by atoms with Crippen LogP contribution in [0.3, 0.4) is 0 Å². The largest absolute Gasteiger partial charge is 0.434 e. The summed E-state index contributed by atoms with van der Waals surface area (Å²) in [7, 11) is 1.74. The summed E-state index contributed by atoms with van der Waals surface area (Å²) in [5.41, 5.74) is -0.698. The first-order valence-corrected chi connectivity index (χ1v) is 11.3. The number of rotatable bonds is 4. The van der Waals surface area contributed by atoms with Crippen molar-refractivity contribution in [2.75, 3.05) is 0 Å². The molecular weight excluding hydrogens is 528 g/mol. The molecule has 0 amide bonds. The Kier molecular flexibility index (Phi) is 5.28. The first-order valence-electron chi connectivity index (χ1n) is 10.9. The Hall–Kier alpha value is -4.65. The molecule has 0 N–H and O–H groups in total. The van der Waals surface area contributed by atoms with Crippen molar-refractivity contribution < 1.29 is 22.4 Å². The number of halogens is 5. The molecule has 0 unspecified atom stereocenters. The SMILES string of the molecule is Cn1cc(-c2cc(F)c3cncc(-n4ncc(C=O)c4C(F)(F)F)c3c2)c2cc(Cl)c(-n3nccn3)nc21. The summed E-state index contributed by atoms with van der Waals surface area (Å²) < 4.78 is 59.1. The molecule has 5 heterocycles. The van der Waals surface area contributed by atoms with Crippen molar-refractivity contribution in [1.29, 1.82) is 0 Å². The van der Waals surface area contributed by atoms with Crippen LogP contribution in [0.5, 0.6) is 0 Å². The number of aldehydes is 1. The van der Waals surface area contributed by atoms with Crippen LogP contribution in [0.2, 0.25) is 5.02 Å². The Morgan fingerprint density at radius 1 is 0.974 bits per heavy atom.